The molecule has 0 aliphatic carbocycles. The van der Waals surface area contributed by atoms with E-state index in [0.717, 1.165) is 18.5 Å². The molecule has 0 aromatic carbocycles. The maximum absolute atomic E-state index is 12.3. The number of esters is 1. The zero-order valence-electron chi connectivity index (χ0n) is 11.3. The molecule has 0 aliphatic rings. The van der Waals surface area contributed by atoms with Crippen LogP contribution in [0.1, 0.15) is 30.3 Å². The number of nitrogens with one attached hydrogen (secondary N) is 1. The molecule has 0 saturated heterocycles. The highest BCUT2D eigenvalue weighted by Gasteiger charge is 2.15. The summed E-state index contributed by atoms with van der Waals surface area (Å²) < 4.78 is 5.98. The monoisotopic (exact) mass is 263 g/mol. The van der Waals surface area contributed by atoms with Crippen molar-refractivity contribution in [3.05, 3.63) is 33.4 Å². The van der Waals surface area contributed by atoms with Crippen molar-refractivity contribution in [2.75, 3.05) is 7.11 Å². The molecule has 0 radical (unpaired) electrons. The summed E-state index contributed by atoms with van der Waals surface area (Å²) in [6.45, 7) is 3.79. The molecule has 0 unspecified atom stereocenters. The van der Waals surface area contributed by atoms with Gasteiger partial charge in [-0.2, -0.15) is 0 Å². The van der Waals surface area contributed by atoms with E-state index in [-0.39, 0.29) is 12.0 Å². The first-order valence-corrected chi connectivity index (χ1v) is 6.23. The van der Waals surface area contributed by atoms with Gasteiger partial charge in [-0.25, -0.2) is 9.50 Å². The third-order valence-corrected chi connectivity index (χ3v) is 3.04. The summed E-state index contributed by atoms with van der Waals surface area (Å²) in [6, 6.07) is 1.86. The molecule has 1 N–H and O–H groups in total. The van der Waals surface area contributed by atoms with Crippen LogP contribution < -0.4 is 5.56 Å². The summed E-state index contributed by atoms with van der Waals surface area (Å²) >= 11 is 0. The van der Waals surface area contributed by atoms with Crippen molar-refractivity contribution in [2.24, 2.45) is 0 Å². The Bertz CT molecular complexity index is 670. The fourth-order valence-corrected chi connectivity index (χ4v) is 2.04. The lowest BCUT2D eigenvalue weighted by Crippen LogP contribution is -2.24. The number of aryl methyl sites for hydroxylation is 2. The van der Waals surface area contributed by atoms with Gasteiger partial charge in [-0.05, 0) is 13.3 Å². The zero-order chi connectivity index (χ0) is 14.0. The van der Waals surface area contributed by atoms with E-state index in [1.165, 1.54) is 11.6 Å². The van der Waals surface area contributed by atoms with Crippen LogP contribution in [0.2, 0.25) is 0 Å². The number of hydrogen-bond acceptors (Lipinski definition) is 4. The van der Waals surface area contributed by atoms with Crippen molar-refractivity contribution >= 4 is 11.6 Å². The van der Waals surface area contributed by atoms with Gasteiger partial charge in [0.25, 0.3) is 5.56 Å². The van der Waals surface area contributed by atoms with Crippen LogP contribution in [-0.4, -0.2) is 27.7 Å². The Kier molecular flexibility index (Phi) is 3.69. The molecule has 0 saturated carbocycles. The lowest BCUT2D eigenvalue weighted by atomic mass is 10.2. The highest BCUT2D eigenvalue weighted by atomic mass is 16.5. The largest absolute Gasteiger partial charge is 0.469 e. The minimum atomic E-state index is -0.442. The number of carbonyl (C=O) groups is 1. The van der Waals surface area contributed by atoms with Crippen molar-refractivity contribution < 1.29 is 9.53 Å². The van der Waals surface area contributed by atoms with Gasteiger partial charge in [0.05, 0.1) is 19.1 Å². The quantitative estimate of drug-likeness (QED) is 0.835. The van der Waals surface area contributed by atoms with Crippen molar-refractivity contribution in [1.29, 1.82) is 0 Å². The van der Waals surface area contributed by atoms with E-state index in [9.17, 15) is 9.59 Å². The Morgan fingerprint density at radius 2 is 2.26 bits per heavy atom. The third kappa shape index (κ3) is 2.52. The minimum Gasteiger partial charge on any atom is -0.469 e. The summed E-state index contributed by atoms with van der Waals surface area (Å²) in [5.41, 5.74) is 2.24. The molecule has 0 atom stereocenters. The molecular formula is C13H17N3O3. The molecule has 0 fully saturated rings. The number of methoxy groups -OCH3 is 1. The van der Waals surface area contributed by atoms with Crippen LogP contribution in [0.15, 0.2) is 10.9 Å². The van der Waals surface area contributed by atoms with Gasteiger partial charge < -0.3 is 4.74 Å². The average molecular weight is 263 g/mol. The number of H-pyrrole nitrogens is 1. The van der Waals surface area contributed by atoms with Crippen LogP contribution in [0.5, 0.6) is 0 Å². The maximum Gasteiger partial charge on any atom is 0.310 e. The second-order valence-electron chi connectivity index (χ2n) is 4.46. The number of aromatic nitrogens is 3. The number of fused-ring (bicyclic) bond motifs is 1. The van der Waals surface area contributed by atoms with Gasteiger partial charge in [-0.1, -0.05) is 13.3 Å². The molecule has 2 rings (SSSR count). The summed E-state index contributed by atoms with van der Waals surface area (Å²) in [5, 5.41) is 3.01. The van der Waals surface area contributed by atoms with Gasteiger partial charge in [-0.15, -0.1) is 0 Å². The molecule has 6 nitrogen and oxygen atoms in total. The normalized spacial score (nSPS) is 10.9. The number of hydrogen-bond donors (Lipinski definition) is 1. The second kappa shape index (κ2) is 5.26. The molecule has 0 bridgehead atoms. The number of aromatic amines is 1. The molecule has 0 aliphatic heterocycles. The van der Waals surface area contributed by atoms with Crippen molar-refractivity contribution in [3.8, 4) is 0 Å². The van der Waals surface area contributed by atoms with E-state index in [1.54, 1.807) is 6.92 Å². The lowest BCUT2D eigenvalue weighted by Gasteiger charge is -2.03. The summed E-state index contributed by atoms with van der Waals surface area (Å²) in [6.07, 6.45) is 1.78. The first-order chi connectivity index (χ1) is 9.06. The predicted octanol–water partition coefficient (Wildman–Crippen LogP) is 0.999. The molecule has 6 heteroatoms. The van der Waals surface area contributed by atoms with Crippen LogP contribution in [0, 0.1) is 6.92 Å². The number of ether oxygens (including phenoxy) is 1. The van der Waals surface area contributed by atoms with E-state index < -0.39 is 5.97 Å². The lowest BCUT2D eigenvalue weighted by molar-refractivity contribution is -0.139. The Morgan fingerprint density at radius 3 is 2.89 bits per heavy atom. The fourth-order valence-electron chi connectivity index (χ4n) is 2.04. The van der Waals surface area contributed by atoms with Crippen LogP contribution in [0.4, 0.5) is 0 Å². The van der Waals surface area contributed by atoms with E-state index in [4.69, 9.17) is 0 Å². The summed E-state index contributed by atoms with van der Waals surface area (Å²) in [5.74, 6) is -0.442. The molecule has 0 spiro atoms. The van der Waals surface area contributed by atoms with Gasteiger partial charge in [-0.3, -0.25) is 14.7 Å². The van der Waals surface area contributed by atoms with Gasteiger partial charge >= 0.3 is 5.97 Å². The molecule has 2 heterocycles. The van der Waals surface area contributed by atoms with E-state index >= 15 is 0 Å². The predicted molar refractivity (Wildman–Crippen MR) is 70.3 cm³/mol. The second-order valence-corrected chi connectivity index (χ2v) is 4.46. The molecule has 2 aromatic heterocycles. The Morgan fingerprint density at radius 1 is 1.53 bits per heavy atom. The Labute approximate surface area is 110 Å². The molecular weight excluding hydrogens is 246 g/mol. The summed E-state index contributed by atoms with van der Waals surface area (Å²) in [4.78, 5) is 28.0. The molecule has 102 valence electrons. The molecule has 19 heavy (non-hydrogen) atoms. The van der Waals surface area contributed by atoms with Gasteiger partial charge in [0, 0.05) is 17.5 Å². The summed E-state index contributed by atoms with van der Waals surface area (Å²) in [7, 11) is 1.30. The highest BCUT2D eigenvalue weighted by molar-refractivity contribution is 5.72. The van der Waals surface area contributed by atoms with E-state index in [2.05, 4.69) is 21.7 Å². The average Bonchev–Trinajstić information content (AvgIpc) is 2.77. The number of nitrogens with zero attached hydrogens (tertiary/aromatic N) is 2. The smallest absolute Gasteiger partial charge is 0.310 e. The van der Waals surface area contributed by atoms with Crippen LogP contribution in [0.25, 0.3) is 5.65 Å². The van der Waals surface area contributed by atoms with Crippen LogP contribution in [-0.2, 0) is 22.4 Å². The number of carbonyl (C=O) groups excluding carboxylic acids is 1. The van der Waals surface area contributed by atoms with Crippen LogP contribution >= 0.6 is 0 Å². The maximum atomic E-state index is 12.3. The number of rotatable bonds is 4. The van der Waals surface area contributed by atoms with E-state index in [1.807, 2.05) is 6.07 Å². The van der Waals surface area contributed by atoms with Crippen molar-refractivity contribution in [2.45, 2.75) is 33.1 Å². The third-order valence-electron chi connectivity index (χ3n) is 3.04. The molecule has 0 amide bonds. The van der Waals surface area contributed by atoms with Gasteiger partial charge in [0.1, 0.15) is 0 Å². The van der Waals surface area contributed by atoms with Crippen LogP contribution in [0.3, 0.4) is 0 Å². The SMILES string of the molecule is CCCc1cc2nc(C)c(CC(=O)OC)c(=O)n2[nH]1. The van der Waals surface area contributed by atoms with E-state index in [0.29, 0.717) is 16.9 Å². The fraction of sp³-hybridized carbons (Fsp3) is 0.462. The van der Waals surface area contributed by atoms with Crippen molar-refractivity contribution in [1.82, 2.24) is 14.6 Å². The topological polar surface area (TPSA) is 76.5 Å². The highest BCUT2D eigenvalue weighted by Crippen LogP contribution is 2.08. The molecule has 2 aromatic rings. The van der Waals surface area contributed by atoms with Crippen molar-refractivity contribution in [3.63, 3.8) is 0 Å². The zero-order valence-corrected chi connectivity index (χ0v) is 11.3. The standard InChI is InChI=1S/C13H17N3O3/c1-4-5-9-6-11-14-8(2)10(7-12(17)19-3)13(18)16(11)15-9/h6,15H,4-5,7H2,1-3H3. The first-order valence-electron chi connectivity index (χ1n) is 6.23. The Balaban J connectivity index is 2.54. The first kappa shape index (κ1) is 13.3. The van der Waals surface area contributed by atoms with Gasteiger partial charge in [0.2, 0.25) is 0 Å². The minimum absolute atomic E-state index is 0.0563. The Hall–Kier alpha value is -2.11. The van der Waals surface area contributed by atoms with Gasteiger partial charge in [0.15, 0.2) is 5.65 Å².